The van der Waals surface area contributed by atoms with Crippen LogP contribution in [0.3, 0.4) is 0 Å². The lowest BCUT2D eigenvalue weighted by Gasteiger charge is -2.04. The first-order valence-corrected chi connectivity index (χ1v) is 5.31. The van der Waals surface area contributed by atoms with Crippen LogP contribution in [0, 0.1) is 6.92 Å². The van der Waals surface area contributed by atoms with Crippen molar-refractivity contribution in [3.63, 3.8) is 0 Å². The van der Waals surface area contributed by atoms with Crippen molar-refractivity contribution in [2.45, 2.75) is 13.2 Å². The molecule has 5 nitrogen and oxygen atoms in total. The summed E-state index contributed by atoms with van der Waals surface area (Å²) in [5.41, 5.74) is 0.578. The van der Waals surface area contributed by atoms with Crippen LogP contribution in [-0.4, -0.2) is 17.6 Å². The van der Waals surface area contributed by atoms with Crippen LogP contribution in [0.25, 0.3) is 11.5 Å². The quantitative estimate of drug-likeness (QED) is 0.783. The van der Waals surface area contributed by atoms with Gasteiger partial charge in [-0.2, -0.15) is 0 Å². The van der Waals surface area contributed by atoms with Gasteiger partial charge in [-0.15, -0.1) is 8.78 Å². The van der Waals surface area contributed by atoms with Gasteiger partial charge in [0.05, 0.1) is 0 Å². The molecule has 0 aliphatic carbocycles. The molecule has 2 aromatic rings. The molecular weight excluding hydrogens is 260 g/mol. The molecule has 0 unspecified atom stereocenters. The average Bonchev–Trinajstić information content (AvgIpc) is 2.86. The second-order valence-electron chi connectivity index (χ2n) is 3.91. The minimum absolute atomic E-state index is 0.0624. The molecule has 0 amide bonds. The number of alkyl halides is 2. The van der Waals surface area contributed by atoms with Gasteiger partial charge in [-0.05, 0) is 25.1 Å². The molecular formula is C12H7F2NO4. The predicted molar refractivity (Wildman–Crippen MR) is 58.3 cm³/mol. The Bertz CT molecular complexity index is 666. The Morgan fingerprint density at radius 1 is 1.26 bits per heavy atom. The molecule has 0 bridgehead atoms. The number of aldehydes is 1. The average molecular weight is 267 g/mol. The van der Waals surface area contributed by atoms with Gasteiger partial charge in [0.25, 0.3) is 0 Å². The summed E-state index contributed by atoms with van der Waals surface area (Å²) in [6, 6.07) is 4.13. The van der Waals surface area contributed by atoms with Crippen molar-refractivity contribution < 1.29 is 27.5 Å². The zero-order valence-electron chi connectivity index (χ0n) is 9.65. The van der Waals surface area contributed by atoms with E-state index in [9.17, 15) is 13.6 Å². The summed E-state index contributed by atoms with van der Waals surface area (Å²) in [5, 5.41) is 0. The highest BCUT2D eigenvalue weighted by atomic mass is 19.3. The molecule has 0 atom stereocenters. The normalized spacial score (nSPS) is 15.5. The number of aromatic nitrogens is 1. The van der Waals surface area contributed by atoms with Crippen LogP contribution >= 0.6 is 0 Å². The largest absolute Gasteiger partial charge is 0.586 e. The van der Waals surface area contributed by atoms with E-state index in [2.05, 4.69) is 14.5 Å². The predicted octanol–water partition coefficient (Wildman–Crippen LogP) is 2.78. The van der Waals surface area contributed by atoms with Gasteiger partial charge in [0.2, 0.25) is 5.89 Å². The lowest BCUT2D eigenvalue weighted by molar-refractivity contribution is -0.286. The molecule has 2 heterocycles. The van der Waals surface area contributed by atoms with Crippen LogP contribution in [0.4, 0.5) is 8.78 Å². The van der Waals surface area contributed by atoms with Gasteiger partial charge < -0.3 is 13.9 Å². The Morgan fingerprint density at radius 3 is 2.68 bits per heavy atom. The highest BCUT2D eigenvalue weighted by Crippen LogP contribution is 2.42. The number of ether oxygens (including phenoxy) is 2. The third-order valence-electron chi connectivity index (χ3n) is 2.59. The van der Waals surface area contributed by atoms with Crippen molar-refractivity contribution in [1.82, 2.24) is 4.98 Å². The Morgan fingerprint density at radius 2 is 2.00 bits per heavy atom. The lowest BCUT2D eigenvalue weighted by Crippen LogP contribution is -2.25. The van der Waals surface area contributed by atoms with E-state index in [1.807, 2.05) is 0 Å². The Kier molecular flexibility index (Phi) is 2.31. The molecule has 98 valence electrons. The monoisotopic (exact) mass is 267 g/mol. The zero-order valence-corrected chi connectivity index (χ0v) is 9.65. The van der Waals surface area contributed by atoms with Crippen LogP contribution in [0.1, 0.15) is 16.2 Å². The summed E-state index contributed by atoms with van der Waals surface area (Å²) in [4.78, 5) is 14.6. The van der Waals surface area contributed by atoms with E-state index in [1.165, 1.54) is 18.2 Å². The number of aryl methyl sites for hydroxylation is 1. The van der Waals surface area contributed by atoms with Crippen LogP contribution in [0.5, 0.6) is 11.5 Å². The number of fused-ring (bicyclic) bond motifs is 1. The van der Waals surface area contributed by atoms with Crippen molar-refractivity contribution in [2.24, 2.45) is 0 Å². The van der Waals surface area contributed by atoms with Crippen molar-refractivity contribution in [3.8, 4) is 23.0 Å². The number of rotatable bonds is 2. The van der Waals surface area contributed by atoms with Crippen LogP contribution in [0.15, 0.2) is 22.6 Å². The molecule has 1 aliphatic heterocycles. The van der Waals surface area contributed by atoms with Gasteiger partial charge in [-0.1, -0.05) is 0 Å². The molecule has 0 N–H and O–H groups in total. The zero-order chi connectivity index (χ0) is 13.6. The molecule has 19 heavy (non-hydrogen) atoms. The minimum atomic E-state index is -3.67. The summed E-state index contributed by atoms with van der Waals surface area (Å²) in [7, 11) is 0. The van der Waals surface area contributed by atoms with Gasteiger partial charge in [-0.25, -0.2) is 4.98 Å². The topological polar surface area (TPSA) is 61.6 Å². The number of carbonyl (C=O) groups is 1. The van der Waals surface area contributed by atoms with E-state index >= 15 is 0 Å². The smallest absolute Gasteiger partial charge is 0.441 e. The molecule has 0 saturated heterocycles. The molecule has 1 aromatic carbocycles. The van der Waals surface area contributed by atoms with Gasteiger partial charge >= 0.3 is 6.29 Å². The summed E-state index contributed by atoms with van der Waals surface area (Å²) in [6.45, 7) is 1.58. The SMILES string of the molecule is Cc1oc(-c2ccc3c(c2)OC(F)(F)O3)nc1C=O. The lowest BCUT2D eigenvalue weighted by atomic mass is 10.2. The highest BCUT2D eigenvalue weighted by Gasteiger charge is 2.43. The van der Waals surface area contributed by atoms with Gasteiger partial charge in [0.1, 0.15) is 11.5 Å². The van der Waals surface area contributed by atoms with E-state index in [4.69, 9.17) is 4.42 Å². The Labute approximate surface area is 105 Å². The van der Waals surface area contributed by atoms with Gasteiger partial charge in [0, 0.05) is 5.56 Å². The maximum absolute atomic E-state index is 12.9. The fourth-order valence-corrected chi connectivity index (χ4v) is 1.72. The van der Waals surface area contributed by atoms with Crippen LogP contribution < -0.4 is 9.47 Å². The maximum atomic E-state index is 12.9. The number of hydrogen-bond acceptors (Lipinski definition) is 5. The number of hydrogen-bond donors (Lipinski definition) is 0. The number of nitrogens with zero attached hydrogens (tertiary/aromatic N) is 1. The number of oxazole rings is 1. The van der Waals surface area contributed by atoms with Crippen LogP contribution in [0.2, 0.25) is 0 Å². The van der Waals surface area contributed by atoms with E-state index in [1.54, 1.807) is 6.92 Å². The maximum Gasteiger partial charge on any atom is 0.586 e. The van der Waals surface area contributed by atoms with Gasteiger partial charge in [0.15, 0.2) is 17.8 Å². The van der Waals surface area contributed by atoms with E-state index in [-0.39, 0.29) is 23.1 Å². The molecule has 7 heteroatoms. The summed E-state index contributed by atoms with van der Waals surface area (Å²) < 4.78 is 39.6. The van der Waals surface area contributed by atoms with Gasteiger partial charge in [-0.3, -0.25) is 4.79 Å². The Hall–Kier alpha value is -2.44. The second kappa shape index (κ2) is 3.78. The van der Waals surface area contributed by atoms with Crippen molar-refractivity contribution in [3.05, 3.63) is 29.7 Å². The summed E-state index contributed by atoms with van der Waals surface area (Å²) in [6.07, 6.45) is -3.11. The van der Waals surface area contributed by atoms with Crippen LogP contribution in [-0.2, 0) is 0 Å². The summed E-state index contributed by atoms with van der Waals surface area (Å²) >= 11 is 0. The van der Waals surface area contributed by atoms with Crippen molar-refractivity contribution in [2.75, 3.05) is 0 Å². The fourth-order valence-electron chi connectivity index (χ4n) is 1.72. The van der Waals surface area contributed by atoms with Crippen molar-refractivity contribution >= 4 is 6.29 Å². The number of halogens is 2. The second-order valence-corrected chi connectivity index (χ2v) is 3.91. The third-order valence-corrected chi connectivity index (χ3v) is 2.59. The molecule has 0 spiro atoms. The fraction of sp³-hybridized carbons (Fsp3) is 0.167. The molecule has 0 radical (unpaired) electrons. The summed E-state index contributed by atoms with van der Waals surface area (Å²) in [5.74, 6) is 0.341. The van der Waals surface area contributed by atoms with E-state index in [0.717, 1.165) is 0 Å². The molecule has 3 rings (SSSR count). The van der Waals surface area contributed by atoms with Crippen molar-refractivity contribution in [1.29, 1.82) is 0 Å². The molecule has 0 fully saturated rings. The Balaban J connectivity index is 2.01. The first-order chi connectivity index (χ1) is 8.98. The standard InChI is InChI=1S/C12H7F2NO4/c1-6-8(5-16)15-11(17-6)7-2-3-9-10(4-7)19-12(13,14)18-9/h2-5H,1H3. The van der Waals surface area contributed by atoms with E-state index in [0.29, 0.717) is 17.6 Å². The minimum Gasteiger partial charge on any atom is -0.441 e. The number of benzene rings is 1. The molecule has 1 aromatic heterocycles. The first kappa shape index (κ1) is 11.6. The highest BCUT2D eigenvalue weighted by molar-refractivity contribution is 5.75. The molecule has 0 saturated carbocycles. The third kappa shape index (κ3) is 1.92. The van der Waals surface area contributed by atoms with E-state index < -0.39 is 6.29 Å². The first-order valence-electron chi connectivity index (χ1n) is 5.31. The number of carbonyl (C=O) groups excluding carboxylic acids is 1. The molecule has 1 aliphatic rings.